The Bertz CT molecular complexity index is 558. The van der Waals surface area contributed by atoms with Crippen LogP contribution in [0, 0.1) is 6.92 Å². The van der Waals surface area contributed by atoms with Gasteiger partial charge in [-0.25, -0.2) is 9.97 Å². The van der Waals surface area contributed by atoms with Crippen LogP contribution in [0.2, 0.25) is 0 Å². The number of pyridine rings is 1. The van der Waals surface area contributed by atoms with Gasteiger partial charge in [0, 0.05) is 36.6 Å². The van der Waals surface area contributed by atoms with E-state index in [0.29, 0.717) is 0 Å². The fourth-order valence-corrected chi connectivity index (χ4v) is 1.91. The van der Waals surface area contributed by atoms with Crippen molar-refractivity contribution >= 4 is 0 Å². The summed E-state index contributed by atoms with van der Waals surface area (Å²) in [4.78, 5) is 13.2. The Morgan fingerprint density at radius 2 is 1.80 bits per heavy atom. The number of nitrogens with zero attached hydrogens (tertiary/aromatic N) is 3. The molecule has 0 aliphatic carbocycles. The molecule has 0 saturated heterocycles. The molecule has 4 heteroatoms. The minimum atomic E-state index is 0.0874. The quantitative estimate of drug-likeness (QED) is 0.928. The van der Waals surface area contributed by atoms with E-state index in [1.807, 2.05) is 25.1 Å². The molecule has 0 amide bonds. The van der Waals surface area contributed by atoms with Gasteiger partial charge < -0.3 is 5.32 Å². The number of hydrogen-bond acceptors (Lipinski definition) is 4. The van der Waals surface area contributed by atoms with Crippen LogP contribution in [0.25, 0.3) is 0 Å². The van der Waals surface area contributed by atoms with Gasteiger partial charge in [-0.2, -0.15) is 0 Å². The second-order valence-corrected chi connectivity index (χ2v) is 6.05. The summed E-state index contributed by atoms with van der Waals surface area (Å²) in [5, 5.41) is 3.46. The van der Waals surface area contributed by atoms with Crippen LogP contribution in [-0.4, -0.2) is 20.5 Å². The molecule has 1 N–H and O–H groups in total. The van der Waals surface area contributed by atoms with Crippen molar-refractivity contribution in [2.24, 2.45) is 0 Å². The first-order chi connectivity index (χ1) is 9.42. The lowest BCUT2D eigenvalue weighted by atomic mass is 10.1. The van der Waals surface area contributed by atoms with Gasteiger partial charge in [0.05, 0.1) is 5.69 Å². The normalized spacial score (nSPS) is 11.6. The molecule has 0 bridgehead atoms. The van der Waals surface area contributed by atoms with E-state index in [2.05, 4.69) is 41.0 Å². The van der Waals surface area contributed by atoms with Crippen LogP contribution in [0.1, 0.15) is 43.5 Å². The molecule has 0 aliphatic rings. The molecule has 2 heterocycles. The van der Waals surface area contributed by atoms with E-state index in [-0.39, 0.29) is 5.54 Å². The van der Waals surface area contributed by atoms with Crippen LogP contribution in [0.4, 0.5) is 0 Å². The summed E-state index contributed by atoms with van der Waals surface area (Å²) in [6.07, 6.45) is 4.34. The molecule has 0 aliphatic heterocycles. The summed E-state index contributed by atoms with van der Waals surface area (Å²) in [5.41, 5.74) is 3.32. The lowest BCUT2D eigenvalue weighted by Crippen LogP contribution is -2.35. The van der Waals surface area contributed by atoms with E-state index in [4.69, 9.17) is 0 Å². The Balaban J connectivity index is 2.12. The lowest BCUT2D eigenvalue weighted by molar-refractivity contribution is 0.420. The molecular formula is C16H22N4. The van der Waals surface area contributed by atoms with Crippen LogP contribution >= 0.6 is 0 Å². The molecule has 2 rings (SSSR count). The molecule has 4 nitrogen and oxygen atoms in total. The average molecular weight is 270 g/mol. The number of aromatic nitrogens is 3. The number of rotatable bonds is 4. The largest absolute Gasteiger partial charge is 0.306 e. The smallest absolute Gasteiger partial charge is 0.133 e. The van der Waals surface area contributed by atoms with Crippen LogP contribution < -0.4 is 5.32 Å². The fraction of sp³-hybridized carbons (Fsp3) is 0.438. The summed E-state index contributed by atoms with van der Waals surface area (Å²) in [7, 11) is 0. The molecule has 106 valence electrons. The van der Waals surface area contributed by atoms with Crippen LogP contribution in [0.3, 0.4) is 0 Å². The zero-order chi connectivity index (χ0) is 14.6. The van der Waals surface area contributed by atoms with Gasteiger partial charge in [-0.3, -0.25) is 4.98 Å². The van der Waals surface area contributed by atoms with Gasteiger partial charge in [0.25, 0.3) is 0 Å². The molecule has 2 aromatic heterocycles. The number of nitrogens with one attached hydrogen (secondary N) is 1. The summed E-state index contributed by atoms with van der Waals surface area (Å²) in [6.45, 7) is 9.23. The summed E-state index contributed by atoms with van der Waals surface area (Å²) >= 11 is 0. The molecule has 0 aromatic carbocycles. The van der Waals surface area contributed by atoms with E-state index in [1.54, 1.807) is 12.4 Å². The summed E-state index contributed by atoms with van der Waals surface area (Å²) in [6, 6.07) is 6.03. The Morgan fingerprint density at radius 3 is 2.45 bits per heavy atom. The van der Waals surface area contributed by atoms with Gasteiger partial charge in [-0.15, -0.1) is 0 Å². The standard InChI is InChI=1S/C16H22N4/c1-12-9-14(11-18-16(2,3)4)20-15(19-12)10-13-5-7-17-8-6-13/h5-9,18H,10-11H2,1-4H3. The molecule has 0 saturated carbocycles. The van der Waals surface area contributed by atoms with Crippen molar-refractivity contribution in [3.63, 3.8) is 0 Å². The zero-order valence-electron chi connectivity index (χ0n) is 12.6. The van der Waals surface area contributed by atoms with Crippen molar-refractivity contribution in [2.45, 2.75) is 46.2 Å². The van der Waals surface area contributed by atoms with E-state index in [9.17, 15) is 0 Å². The molecular weight excluding hydrogens is 248 g/mol. The minimum Gasteiger partial charge on any atom is -0.306 e. The third kappa shape index (κ3) is 4.70. The van der Waals surface area contributed by atoms with Gasteiger partial charge in [-0.1, -0.05) is 0 Å². The average Bonchev–Trinajstić information content (AvgIpc) is 2.36. The van der Waals surface area contributed by atoms with Crippen LogP contribution in [0.15, 0.2) is 30.6 Å². The predicted molar refractivity (Wildman–Crippen MR) is 80.4 cm³/mol. The van der Waals surface area contributed by atoms with Crippen LogP contribution in [0.5, 0.6) is 0 Å². The van der Waals surface area contributed by atoms with Gasteiger partial charge in [0.15, 0.2) is 0 Å². The third-order valence-electron chi connectivity index (χ3n) is 2.87. The predicted octanol–water partition coefficient (Wildman–Crippen LogP) is 2.66. The summed E-state index contributed by atoms with van der Waals surface area (Å²) < 4.78 is 0. The first-order valence-corrected chi connectivity index (χ1v) is 6.90. The second kappa shape index (κ2) is 6.09. The zero-order valence-corrected chi connectivity index (χ0v) is 12.6. The Morgan fingerprint density at radius 1 is 1.10 bits per heavy atom. The van der Waals surface area contributed by atoms with Gasteiger partial charge in [0.2, 0.25) is 0 Å². The minimum absolute atomic E-state index is 0.0874. The number of aryl methyl sites for hydroxylation is 1. The van der Waals surface area contributed by atoms with Crippen molar-refractivity contribution in [3.8, 4) is 0 Å². The van der Waals surface area contributed by atoms with Crippen molar-refractivity contribution in [3.05, 3.63) is 53.4 Å². The van der Waals surface area contributed by atoms with Crippen molar-refractivity contribution in [2.75, 3.05) is 0 Å². The number of hydrogen-bond donors (Lipinski definition) is 1. The van der Waals surface area contributed by atoms with E-state index in [0.717, 1.165) is 30.2 Å². The topological polar surface area (TPSA) is 50.7 Å². The molecule has 0 fully saturated rings. The van der Waals surface area contributed by atoms with Crippen molar-refractivity contribution in [1.29, 1.82) is 0 Å². The molecule has 0 spiro atoms. The monoisotopic (exact) mass is 270 g/mol. The molecule has 0 unspecified atom stereocenters. The molecule has 2 aromatic rings. The molecule has 20 heavy (non-hydrogen) atoms. The van der Waals surface area contributed by atoms with E-state index >= 15 is 0 Å². The highest BCUT2D eigenvalue weighted by Gasteiger charge is 2.10. The molecule has 0 atom stereocenters. The maximum atomic E-state index is 4.64. The van der Waals surface area contributed by atoms with Crippen LogP contribution in [-0.2, 0) is 13.0 Å². The Kier molecular flexibility index (Phi) is 4.45. The highest BCUT2D eigenvalue weighted by atomic mass is 15.0. The highest BCUT2D eigenvalue weighted by Crippen LogP contribution is 2.08. The van der Waals surface area contributed by atoms with Gasteiger partial charge >= 0.3 is 0 Å². The molecule has 0 radical (unpaired) electrons. The van der Waals surface area contributed by atoms with Crippen molar-refractivity contribution < 1.29 is 0 Å². The maximum absolute atomic E-state index is 4.64. The SMILES string of the molecule is Cc1cc(CNC(C)(C)C)nc(Cc2ccncc2)n1. The van der Waals surface area contributed by atoms with Gasteiger partial charge in [0.1, 0.15) is 5.82 Å². The second-order valence-electron chi connectivity index (χ2n) is 6.05. The highest BCUT2D eigenvalue weighted by molar-refractivity contribution is 5.18. The Hall–Kier alpha value is -1.81. The first-order valence-electron chi connectivity index (χ1n) is 6.90. The first kappa shape index (κ1) is 14.6. The van der Waals surface area contributed by atoms with E-state index in [1.165, 1.54) is 5.56 Å². The third-order valence-corrected chi connectivity index (χ3v) is 2.87. The maximum Gasteiger partial charge on any atom is 0.133 e. The van der Waals surface area contributed by atoms with Crippen molar-refractivity contribution in [1.82, 2.24) is 20.3 Å². The fourth-order valence-electron chi connectivity index (χ4n) is 1.91. The summed E-state index contributed by atoms with van der Waals surface area (Å²) in [5.74, 6) is 0.863. The lowest BCUT2D eigenvalue weighted by Gasteiger charge is -2.20. The van der Waals surface area contributed by atoms with E-state index < -0.39 is 0 Å². The Labute approximate surface area is 120 Å². The van der Waals surface area contributed by atoms with Gasteiger partial charge in [-0.05, 0) is 51.5 Å².